The first-order valence-corrected chi connectivity index (χ1v) is 7.23. The lowest BCUT2D eigenvalue weighted by Crippen LogP contribution is -2.13. The molecule has 5 heteroatoms. The number of benzene rings is 1. The van der Waals surface area contributed by atoms with Gasteiger partial charge in [0.1, 0.15) is 5.82 Å². The van der Waals surface area contributed by atoms with E-state index in [4.69, 9.17) is 0 Å². The average Bonchev–Trinajstić information content (AvgIpc) is 2.90. The third kappa shape index (κ3) is 2.54. The zero-order valence-corrected chi connectivity index (χ0v) is 12.6. The highest BCUT2D eigenvalue weighted by atomic mass is 79.9. The molecule has 2 aromatic rings. The van der Waals surface area contributed by atoms with Crippen molar-refractivity contribution < 1.29 is 4.79 Å². The molecule has 0 atom stereocenters. The molecular formula is C15H14BrN3O. The molecule has 0 unspecified atom stereocenters. The Morgan fingerprint density at radius 1 is 1.40 bits per heavy atom. The molecule has 1 aromatic heterocycles. The van der Waals surface area contributed by atoms with Crippen LogP contribution in [0.5, 0.6) is 0 Å². The number of amides is 1. The molecule has 1 aliphatic rings. The number of pyridine rings is 1. The Morgan fingerprint density at radius 2 is 2.25 bits per heavy atom. The van der Waals surface area contributed by atoms with Gasteiger partial charge in [-0.15, -0.1) is 0 Å². The highest BCUT2D eigenvalue weighted by Gasteiger charge is 2.14. The fourth-order valence-electron chi connectivity index (χ4n) is 2.23. The van der Waals surface area contributed by atoms with E-state index in [1.807, 2.05) is 31.2 Å². The summed E-state index contributed by atoms with van der Waals surface area (Å²) in [4.78, 5) is 16.4. The van der Waals surface area contributed by atoms with Gasteiger partial charge in [-0.2, -0.15) is 0 Å². The number of halogens is 1. The molecule has 0 saturated carbocycles. The van der Waals surface area contributed by atoms with E-state index >= 15 is 0 Å². The van der Waals surface area contributed by atoms with Crippen LogP contribution in [0, 0.1) is 6.92 Å². The minimum Gasteiger partial charge on any atom is -0.384 e. The third-order valence-corrected chi connectivity index (χ3v) is 4.20. The molecule has 2 heterocycles. The van der Waals surface area contributed by atoms with E-state index in [0.717, 1.165) is 28.7 Å². The van der Waals surface area contributed by atoms with Crippen LogP contribution in [0.3, 0.4) is 0 Å². The second kappa shape index (κ2) is 5.25. The van der Waals surface area contributed by atoms with Crippen molar-refractivity contribution in [3.8, 4) is 0 Å². The standard InChI is InChI=1S/C15H14BrN3O/c1-9-6-14(18-8-12(9)16)19-15(20)11-3-2-10-4-5-17-13(10)7-11/h2-3,6-8,17H,4-5H2,1H3,(H,18,19,20). The van der Waals surface area contributed by atoms with Crippen LogP contribution in [-0.4, -0.2) is 17.4 Å². The number of aryl methyl sites for hydroxylation is 1. The lowest BCUT2D eigenvalue weighted by atomic mass is 10.1. The second-order valence-electron chi connectivity index (χ2n) is 4.82. The molecule has 0 saturated heterocycles. The van der Waals surface area contributed by atoms with Crippen molar-refractivity contribution in [2.75, 3.05) is 17.2 Å². The van der Waals surface area contributed by atoms with Crippen molar-refractivity contribution in [1.29, 1.82) is 0 Å². The number of aromatic nitrogens is 1. The van der Waals surface area contributed by atoms with Gasteiger partial charge in [0.25, 0.3) is 5.91 Å². The van der Waals surface area contributed by atoms with Gasteiger partial charge in [0.15, 0.2) is 0 Å². The fourth-order valence-corrected chi connectivity index (χ4v) is 2.45. The second-order valence-corrected chi connectivity index (χ2v) is 5.68. The van der Waals surface area contributed by atoms with E-state index in [1.54, 1.807) is 6.20 Å². The smallest absolute Gasteiger partial charge is 0.256 e. The average molecular weight is 332 g/mol. The molecule has 0 fully saturated rings. The minimum atomic E-state index is -0.143. The summed E-state index contributed by atoms with van der Waals surface area (Å²) in [5, 5.41) is 6.09. The summed E-state index contributed by atoms with van der Waals surface area (Å²) in [7, 11) is 0. The molecular weight excluding hydrogens is 318 g/mol. The molecule has 1 aromatic carbocycles. The summed E-state index contributed by atoms with van der Waals surface area (Å²) in [6.07, 6.45) is 2.71. The first kappa shape index (κ1) is 13.1. The van der Waals surface area contributed by atoms with E-state index in [2.05, 4.69) is 31.5 Å². The molecule has 20 heavy (non-hydrogen) atoms. The van der Waals surface area contributed by atoms with E-state index < -0.39 is 0 Å². The first-order valence-electron chi connectivity index (χ1n) is 6.44. The number of hydrogen-bond donors (Lipinski definition) is 2. The molecule has 2 N–H and O–H groups in total. The fraction of sp³-hybridized carbons (Fsp3) is 0.200. The zero-order chi connectivity index (χ0) is 14.1. The molecule has 1 aliphatic heterocycles. The molecule has 3 rings (SSSR count). The molecule has 0 bridgehead atoms. The largest absolute Gasteiger partial charge is 0.384 e. The number of hydrogen-bond acceptors (Lipinski definition) is 3. The topological polar surface area (TPSA) is 54.0 Å². The monoisotopic (exact) mass is 331 g/mol. The summed E-state index contributed by atoms with van der Waals surface area (Å²) in [5.74, 6) is 0.417. The van der Waals surface area contributed by atoms with Gasteiger partial charge in [0.05, 0.1) is 0 Å². The number of nitrogens with zero attached hydrogens (tertiary/aromatic N) is 1. The zero-order valence-electron chi connectivity index (χ0n) is 11.0. The highest BCUT2D eigenvalue weighted by molar-refractivity contribution is 9.10. The Hall–Kier alpha value is -1.88. The van der Waals surface area contributed by atoms with Crippen molar-refractivity contribution in [1.82, 2.24) is 4.98 Å². The van der Waals surface area contributed by atoms with Crippen molar-refractivity contribution in [3.63, 3.8) is 0 Å². The van der Waals surface area contributed by atoms with Crippen LogP contribution in [0.1, 0.15) is 21.5 Å². The number of carbonyl (C=O) groups is 1. The predicted molar refractivity (Wildman–Crippen MR) is 83.3 cm³/mol. The van der Waals surface area contributed by atoms with E-state index in [9.17, 15) is 4.79 Å². The van der Waals surface area contributed by atoms with Crippen LogP contribution in [0.4, 0.5) is 11.5 Å². The van der Waals surface area contributed by atoms with Crippen LogP contribution in [0.2, 0.25) is 0 Å². The minimum absolute atomic E-state index is 0.143. The molecule has 0 aliphatic carbocycles. The Labute approximate surface area is 125 Å². The van der Waals surface area contributed by atoms with Gasteiger partial charge in [0, 0.05) is 28.5 Å². The molecule has 0 radical (unpaired) electrons. The highest BCUT2D eigenvalue weighted by Crippen LogP contribution is 2.24. The lowest BCUT2D eigenvalue weighted by Gasteiger charge is -2.07. The van der Waals surface area contributed by atoms with E-state index in [1.165, 1.54) is 5.56 Å². The Balaban J connectivity index is 1.80. The third-order valence-electron chi connectivity index (χ3n) is 3.37. The summed E-state index contributed by atoms with van der Waals surface area (Å²) in [6.45, 7) is 2.90. The van der Waals surface area contributed by atoms with Gasteiger partial charge < -0.3 is 10.6 Å². The van der Waals surface area contributed by atoms with Crippen molar-refractivity contribution >= 4 is 33.3 Å². The van der Waals surface area contributed by atoms with Gasteiger partial charge in [-0.25, -0.2) is 4.98 Å². The molecule has 102 valence electrons. The number of carbonyl (C=O) groups excluding carboxylic acids is 1. The quantitative estimate of drug-likeness (QED) is 0.887. The SMILES string of the molecule is Cc1cc(NC(=O)c2ccc3c(c2)NCC3)ncc1Br. The Kier molecular flexibility index (Phi) is 3.44. The van der Waals surface area contributed by atoms with Crippen LogP contribution in [-0.2, 0) is 6.42 Å². The molecule has 0 spiro atoms. The van der Waals surface area contributed by atoms with Gasteiger partial charge >= 0.3 is 0 Å². The number of rotatable bonds is 2. The molecule has 1 amide bonds. The van der Waals surface area contributed by atoms with Crippen molar-refractivity contribution in [3.05, 3.63) is 51.6 Å². The Morgan fingerprint density at radius 3 is 3.05 bits per heavy atom. The maximum Gasteiger partial charge on any atom is 0.256 e. The van der Waals surface area contributed by atoms with Gasteiger partial charge in [-0.3, -0.25) is 4.79 Å². The van der Waals surface area contributed by atoms with Gasteiger partial charge in [0.2, 0.25) is 0 Å². The normalized spacial score (nSPS) is 12.7. The first-order chi connectivity index (χ1) is 9.63. The maximum absolute atomic E-state index is 12.2. The predicted octanol–water partition coefficient (Wildman–Crippen LogP) is 3.37. The van der Waals surface area contributed by atoms with Crippen LogP contribution < -0.4 is 10.6 Å². The van der Waals surface area contributed by atoms with Crippen molar-refractivity contribution in [2.45, 2.75) is 13.3 Å². The van der Waals surface area contributed by atoms with Gasteiger partial charge in [-0.1, -0.05) is 6.07 Å². The number of anilines is 2. The maximum atomic E-state index is 12.2. The van der Waals surface area contributed by atoms with Crippen LogP contribution in [0.25, 0.3) is 0 Å². The summed E-state index contributed by atoms with van der Waals surface area (Å²) < 4.78 is 0.928. The Bertz CT molecular complexity index is 685. The molecule has 4 nitrogen and oxygen atoms in total. The van der Waals surface area contributed by atoms with Crippen LogP contribution >= 0.6 is 15.9 Å². The number of nitrogens with one attached hydrogen (secondary N) is 2. The van der Waals surface area contributed by atoms with Gasteiger partial charge in [-0.05, 0) is 58.6 Å². The summed E-state index contributed by atoms with van der Waals surface area (Å²) in [5.41, 5.74) is 3.99. The summed E-state index contributed by atoms with van der Waals surface area (Å²) in [6, 6.07) is 7.59. The van der Waals surface area contributed by atoms with Crippen LogP contribution in [0.15, 0.2) is 34.9 Å². The van der Waals surface area contributed by atoms with E-state index in [-0.39, 0.29) is 5.91 Å². The lowest BCUT2D eigenvalue weighted by molar-refractivity contribution is 0.102. The number of fused-ring (bicyclic) bond motifs is 1. The van der Waals surface area contributed by atoms with E-state index in [0.29, 0.717) is 11.4 Å². The summed E-state index contributed by atoms with van der Waals surface area (Å²) >= 11 is 3.39. The van der Waals surface area contributed by atoms with Crippen molar-refractivity contribution in [2.24, 2.45) is 0 Å².